The third-order valence-electron chi connectivity index (χ3n) is 5.60. The number of nitrogens with one attached hydrogen (secondary N) is 1. The first-order valence-electron chi connectivity index (χ1n) is 10.5. The van der Waals surface area contributed by atoms with Crippen LogP contribution in [0.5, 0.6) is 0 Å². The van der Waals surface area contributed by atoms with Crippen molar-refractivity contribution in [3.63, 3.8) is 0 Å². The molecule has 158 valence electrons. The third kappa shape index (κ3) is 5.82. The van der Waals surface area contributed by atoms with Crippen LogP contribution in [-0.2, 0) is 11.3 Å². The minimum atomic E-state index is -0.0295. The molecule has 2 atom stereocenters. The van der Waals surface area contributed by atoms with Gasteiger partial charge in [-0.25, -0.2) is 4.98 Å². The molecule has 1 amide bonds. The first kappa shape index (κ1) is 21.8. The van der Waals surface area contributed by atoms with Gasteiger partial charge in [-0.3, -0.25) is 14.2 Å². The van der Waals surface area contributed by atoms with Crippen LogP contribution in [-0.4, -0.2) is 52.8 Å². The Morgan fingerprint density at radius 3 is 2.79 bits per heavy atom. The fraction of sp³-hybridized carbons (Fsp3) is 0.591. The lowest BCUT2D eigenvalue weighted by molar-refractivity contribution is -0.119. The molecule has 0 spiro atoms. The van der Waals surface area contributed by atoms with Crippen LogP contribution in [0.4, 0.5) is 0 Å². The average molecular weight is 417 g/mol. The summed E-state index contributed by atoms with van der Waals surface area (Å²) in [5.41, 5.74) is 0.656. The van der Waals surface area contributed by atoms with E-state index in [0.29, 0.717) is 28.5 Å². The summed E-state index contributed by atoms with van der Waals surface area (Å²) in [4.78, 5) is 32.4. The van der Waals surface area contributed by atoms with Crippen LogP contribution >= 0.6 is 11.8 Å². The smallest absolute Gasteiger partial charge is 0.262 e. The van der Waals surface area contributed by atoms with E-state index in [-0.39, 0.29) is 23.3 Å². The number of rotatable bonds is 8. The molecule has 1 heterocycles. The Kier molecular flexibility index (Phi) is 7.72. The summed E-state index contributed by atoms with van der Waals surface area (Å²) < 4.78 is 1.73. The first-order chi connectivity index (χ1) is 14.0. The summed E-state index contributed by atoms with van der Waals surface area (Å²) in [6, 6.07) is 7.69. The van der Waals surface area contributed by atoms with Crippen LogP contribution in [0.1, 0.15) is 39.0 Å². The maximum Gasteiger partial charge on any atom is 0.262 e. The van der Waals surface area contributed by atoms with Crippen LogP contribution in [0.25, 0.3) is 10.9 Å². The molecular weight excluding hydrogens is 384 g/mol. The summed E-state index contributed by atoms with van der Waals surface area (Å²) in [6.45, 7) is 3.70. The maximum absolute atomic E-state index is 13.0. The van der Waals surface area contributed by atoms with Crippen molar-refractivity contribution >= 4 is 28.6 Å². The highest BCUT2D eigenvalue weighted by atomic mass is 32.2. The predicted molar refractivity (Wildman–Crippen MR) is 119 cm³/mol. The van der Waals surface area contributed by atoms with E-state index < -0.39 is 0 Å². The fourth-order valence-electron chi connectivity index (χ4n) is 3.91. The van der Waals surface area contributed by atoms with Crippen molar-refractivity contribution < 1.29 is 4.79 Å². The Balaban J connectivity index is 1.74. The molecule has 1 fully saturated rings. The van der Waals surface area contributed by atoms with Crippen molar-refractivity contribution in [3.05, 3.63) is 34.6 Å². The number of carbonyl (C=O) groups excluding carboxylic acids is 1. The summed E-state index contributed by atoms with van der Waals surface area (Å²) in [7, 11) is 4.04. The monoisotopic (exact) mass is 416 g/mol. The van der Waals surface area contributed by atoms with E-state index >= 15 is 0 Å². The zero-order chi connectivity index (χ0) is 20.8. The quantitative estimate of drug-likeness (QED) is 0.529. The number of para-hydroxylation sites is 1. The number of benzene rings is 1. The normalized spacial score (nSPS) is 19.6. The largest absolute Gasteiger partial charge is 0.352 e. The molecule has 1 aromatic carbocycles. The van der Waals surface area contributed by atoms with Gasteiger partial charge in [0, 0.05) is 12.6 Å². The summed E-state index contributed by atoms with van der Waals surface area (Å²) >= 11 is 1.36. The van der Waals surface area contributed by atoms with E-state index in [0.717, 1.165) is 19.4 Å². The van der Waals surface area contributed by atoms with Gasteiger partial charge >= 0.3 is 0 Å². The molecule has 1 aliphatic rings. The van der Waals surface area contributed by atoms with Crippen LogP contribution < -0.4 is 10.9 Å². The van der Waals surface area contributed by atoms with Gasteiger partial charge in [0.1, 0.15) is 0 Å². The van der Waals surface area contributed by atoms with Crippen LogP contribution in [0.15, 0.2) is 34.2 Å². The highest BCUT2D eigenvalue weighted by molar-refractivity contribution is 7.99. The first-order valence-corrected chi connectivity index (χ1v) is 11.5. The lowest BCUT2D eigenvalue weighted by Crippen LogP contribution is -2.42. The second-order valence-corrected chi connectivity index (χ2v) is 9.19. The zero-order valence-electron chi connectivity index (χ0n) is 17.7. The van der Waals surface area contributed by atoms with E-state index in [1.165, 1.54) is 31.0 Å². The van der Waals surface area contributed by atoms with Gasteiger partial charge in [0.05, 0.1) is 16.7 Å². The Morgan fingerprint density at radius 2 is 2.03 bits per heavy atom. The molecule has 0 saturated heterocycles. The molecular formula is C22H32N4O2S. The molecule has 0 bridgehead atoms. The van der Waals surface area contributed by atoms with Gasteiger partial charge in [-0.15, -0.1) is 0 Å². The number of nitrogens with zero attached hydrogens (tertiary/aromatic N) is 3. The molecule has 29 heavy (non-hydrogen) atoms. The van der Waals surface area contributed by atoms with Gasteiger partial charge in [-0.05, 0) is 58.0 Å². The van der Waals surface area contributed by atoms with Crippen LogP contribution in [0.2, 0.25) is 0 Å². The zero-order valence-corrected chi connectivity index (χ0v) is 18.5. The molecule has 7 heteroatoms. The van der Waals surface area contributed by atoms with Crippen molar-refractivity contribution in [2.75, 3.05) is 26.4 Å². The minimum absolute atomic E-state index is 0.0241. The second kappa shape index (κ2) is 10.3. The fourth-order valence-corrected chi connectivity index (χ4v) is 4.75. The topological polar surface area (TPSA) is 67.2 Å². The lowest BCUT2D eigenvalue weighted by atomic mass is 9.86. The lowest BCUT2D eigenvalue weighted by Gasteiger charge is -2.29. The molecule has 2 aromatic rings. The molecule has 1 aliphatic carbocycles. The molecule has 0 aliphatic heterocycles. The second-order valence-electron chi connectivity index (χ2n) is 8.25. The third-order valence-corrected chi connectivity index (χ3v) is 6.58. The number of amides is 1. The van der Waals surface area contributed by atoms with Crippen molar-refractivity contribution in [1.82, 2.24) is 19.8 Å². The van der Waals surface area contributed by atoms with Crippen molar-refractivity contribution in [3.8, 4) is 0 Å². The highest BCUT2D eigenvalue weighted by Crippen LogP contribution is 2.24. The van der Waals surface area contributed by atoms with E-state index in [1.54, 1.807) is 4.57 Å². The average Bonchev–Trinajstić information content (AvgIpc) is 2.70. The maximum atomic E-state index is 13.0. The molecule has 0 radical (unpaired) electrons. The van der Waals surface area contributed by atoms with Gasteiger partial charge < -0.3 is 10.2 Å². The van der Waals surface area contributed by atoms with Crippen molar-refractivity contribution in [2.24, 2.45) is 5.92 Å². The number of thioether (sulfide) groups is 1. The van der Waals surface area contributed by atoms with Gasteiger partial charge in [0.25, 0.3) is 5.56 Å². The van der Waals surface area contributed by atoms with Crippen LogP contribution in [0.3, 0.4) is 0 Å². The number of aromatic nitrogens is 2. The standard InChI is InChI=1S/C22H32N4O2S/c1-16-9-4-6-11-18(16)23-20(27)15-29-22-24-19-12-7-5-10-17(19)21(28)26(22)14-8-13-25(2)3/h5,7,10,12,16,18H,4,6,8-9,11,13-15H2,1-3H3,(H,23,27)/t16-,18-/m1/s1. The molecule has 0 unspecified atom stereocenters. The molecule has 6 nitrogen and oxygen atoms in total. The Hall–Kier alpha value is -1.86. The number of fused-ring (bicyclic) bond motifs is 1. The summed E-state index contributed by atoms with van der Waals surface area (Å²) in [5.74, 6) is 0.832. The molecule has 1 N–H and O–H groups in total. The summed E-state index contributed by atoms with van der Waals surface area (Å²) in [6.07, 6.45) is 5.52. The summed E-state index contributed by atoms with van der Waals surface area (Å²) in [5, 5.41) is 4.44. The van der Waals surface area contributed by atoms with E-state index in [9.17, 15) is 9.59 Å². The Bertz CT molecular complexity index is 896. The molecule has 3 rings (SSSR count). The van der Waals surface area contributed by atoms with E-state index in [4.69, 9.17) is 4.98 Å². The van der Waals surface area contributed by atoms with Crippen molar-refractivity contribution in [2.45, 2.75) is 56.8 Å². The number of hydrogen-bond acceptors (Lipinski definition) is 5. The minimum Gasteiger partial charge on any atom is -0.352 e. The molecule has 1 aromatic heterocycles. The van der Waals surface area contributed by atoms with E-state index in [2.05, 4.69) is 17.1 Å². The SMILES string of the molecule is C[C@@H]1CCCC[C@H]1NC(=O)CSc1nc2ccccc2c(=O)n1CCCN(C)C. The number of carbonyl (C=O) groups is 1. The predicted octanol–water partition coefficient (Wildman–Crippen LogP) is 3.14. The van der Waals surface area contributed by atoms with Crippen LogP contribution in [0, 0.1) is 5.92 Å². The van der Waals surface area contributed by atoms with Crippen molar-refractivity contribution in [1.29, 1.82) is 0 Å². The van der Waals surface area contributed by atoms with E-state index in [1.807, 2.05) is 38.4 Å². The molecule has 1 saturated carbocycles. The Labute approximate surface area is 177 Å². The van der Waals surface area contributed by atoms with Gasteiger partial charge in [-0.2, -0.15) is 0 Å². The van der Waals surface area contributed by atoms with Gasteiger partial charge in [0.2, 0.25) is 5.91 Å². The van der Waals surface area contributed by atoms with Gasteiger partial charge in [0.15, 0.2) is 5.16 Å². The highest BCUT2D eigenvalue weighted by Gasteiger charge is 2.23. The van der Waals surface area contributed by atoms with Gasteiger partial charge in [-0.1, -0.05) is 43.7 Å². The number of hydrogen-bond donors (Lipinski definition) is 1. The Morgan fingerprint density at radius 1 is 1.28 bits per heavy atom.